The molecule has 2 aliphatic carbocycles. The third kappa shape index (κ3) is 20.4. The average Bonchev–Trinajstić information content (AvgIpc) is 1.79. The number of amides is 2. The number of aliphatic carboxylic acids is 1. The van der Waals surface area contributed by atoms with E-state index in [-0.39, 0.29) is 24.1 Å². The Morgan fingerprint density at radius 1 is 0.830 bits per heavy atom. The first-order chi connectivity index (χ1) is 43.0. The molecule has 4 aromatic rings. The molecule has 1 saturated carbocycles. The van der Waals surface area contributed by atoms with Crippen LogP contribution in [-0.4, -0.2) is 196 Å². The summed E-state index contributed by atoms with van der Waals surface area (Å²) in [7, 11) is 1.71. The first-order valence-electron chi connectivity index (χ1n) is 34.1. The highest BCUT2D eigenvalue weighted by molar-refractivity contribution is 5.93. The molecule has 0 radical (unpaired) electrons. The number of hydrogen-bond acceptors (Lipinski definition) is 17. The molecule has 2 amide bonds. The molecule has 0 unspecified atom stereocenters. The van der Waals surface area contributed by atoms with Crippen molar-refractivity contribution in [3.63, 3.8) is 0 Å². The van der Waals surface area contributed by atoms with E-state index in [1.54, 1.807) is 12.0 Å². The van der Waals surface area contributed by atoms with Crippen LogP contribution in [0.2, 0.25) is 0 Å². The van der Waals surface area contributed by atoms with Crippen molar-refractivity contribution in [3.8, 4) is 0 Å². The molecule has 6 atom stereocenters. The van der Waals surface area contributed by atoms with Gasteiger partial charge in [0, 0.05) is 95.7 Å². The van der Waals surface area contributed by atoms with Crippen molar-refractivity contribution in [2.24, 2.45) is 17.8 Å². The minimum absolute atomic E-state index is 0.0640. The molecule has 2 saturated heterocycles. The summed E-state index contributed by atoms with van der Waals surface area (Å²) in [6.07, 6.45) is 24.9. The highest BCUT2D eigenvalue weighted by Crippen LogP contribution is 2.53. The summed E-state index contributed by atoms with van der Waals surface area (Å²) >= 11 is 0. The molecule has 9 rings (SSSR count). The molecular weight excluding hydrogens is 1110 g/mol. The van der Waals surface area contributed by atoms with E-state index < -0.39 is 18.1 Å². The number of β-amino-alcohol motifs (C(OH)–C–C–N with tert-alkyl or cyclic N) is 1. The summed E-state index contributed by atoms with van der Waals surface area (Å²) in [6.45, 7) is 15.6. The van der Waals surface area contributed by atoms with Crippen LogP contribution < -0.4 is 20.9 Å². The highest BCUT2D eigenvalue weighted by Gasteiger charge is 2.50. The van der Waals surface area contributed by atoms with Crippen LogP contribution in [0.15, 0.2) is 36.7 Å². The number of aliphatic hydroxyl groups excluding tert-OH is 1. The molecule has 0 bridgehead atoms. The lowest BCUT2D eigenvalue weighted by molar-refractivity contribution is -0.138. The quantitative estimate of drug-likeness (QED) is 0.0263. The Kier molecular flexibility index (Phi) is 26.5. The number of piperazine rings is 1. The number of aliphatic hydroxyl groups is 1. The van der Waals surface area contributed by atoms with Crippen molar-refractivity contribution in [1.82, 2.24) is 50.0 Å². The van der Waals surface area contributed by atoms with Gasteiger partial charge in [0.15, 0.2) is 0 Å². The normalized spacial score (nSPS) is 20.5. The number of pyridine rings is 1. The van der Waals surface area contributed by atoms with Gasteiger partial charge in [0.1, 0.15) is 24.0 Å². The molecular formula is C67H105N13O8. The molecule has 5 aliphatic rings. The lowest BCUT2D eigenvalue weighted by Gasteiger charge is -2.36. The number of carbonyl (C=O) groups excluding carboxylic acids is 2. The Labute approximate surface area is 523 Å². The van der Waals surface area contributed by atoms with Gasteiger partial charge in [-0.1, -0.05) is 62.6 Å². The van der Waals surface area contributed by atoms with Crippen molar-refractivity contribution in [3.05, 3.63) is 59.3 Å². The topological polar surface area (TPSA) is 238 Å². The van der Waals surface area contributed by atoms with Gasteiger partial charge in [-0.2, -0.15) is 0 Å². The number of anilines is 3. The zero-order valence-electron chi connectivity index (χ0n) is 53.4. The van der Waals surface area contributed by atoms with E-state index in [2.05, 4.69) is 79.9 Å². The third-order valence-corrected chi connectivity index (χ3v) is 19.2. The van der Waals surface area contributed by atoms with Gasteiger partial charge in [-0.3, -0.25) is 9.69 Å². The van der Waals surface area contributed by atoms with Crippen LogP contribution in [-0.2, 0) is 56.0 Å². The van der Waals surface area contributed by atoms with Crippen LogP contribution >= 0.6 is 0 Å². The maximum Gasteiger partial charge on any atom is 0.407 e. The number of hydrogen-bond donors (Lipinski definition) is 5. The number of unbranched alkanes of at least 4 members (excludes halogenated alkanes) is 11. The smallest absolute Gasteiger partial charge is 0.407 e. The summed E-state index contributed by atoms with van der Waals surface area (Å²) in [5, 5.41) is 40.3. The molecule has 3 aromatic heterocycles. The fourth-order valence-corrected chi connectivity index (χ4v) is 13.9. The Balaban J connectivity index is 0.590. The maximum absolute atomic E-state index is 12.9. The third-order valence-electron chi connectivity index (χ3n) is 19.2. The lowest BCUT2D eigenvalue weighted by Crippen LogP contribution is -2.46. The number of aromatic nitrogens is 6. The van der Waals surface area contributed by atoms with Gasteiger partial charge < -0.3 is 55.1 Å². The highest BCUT2D eigenvalue weighted by atomic mass is 16.5. The van der Waals surface area contributed by atoms with Crippen molar-refractivity contribution in [1.29, 1.82) is 0 Å². The largest absolute Gasteiger partial charge is 0.480 e. The molecule has 486 valence electrons. The molecule has 21 heteroatoms. The van der Waals surface area contributed by atoms with Crippen LogP contribution in [0.3, 0.4) is 0 Å². The fourth-order valence-electron chi connectivity index (χ4n) is 13.9. The number of carboxylic acids is 1. The van der Waals surface area contributed by atoms with E-state index in [9.17, 15) is 24.6 Å². The Morgan fingerprint density at radius 2 is 1.60 bits per heavy atom. The minimum Gasteiger partial charge on any atom is -0.480 e. The molecule has 21 nitrogen and oxygen atoms in total. The van der Waals surface area contributed by atoms with Gasteiger partial charge in [-0.15, -0.1) is 5.10 Å². The number of fused-ring (bicyclic) bond motifs is 4. The van der Waals surface area contributed by atoms with Crippen LogP contribution in [0.1, 0.15) is 165 Å². The molecule has 0 spiro atoms. The van der Waals surface area contributed by atoms with E-state index >= 15 is 0 Å². The lowest BCUT2D eigenvalue weighted by atomic mass is 10.0. The SMILES string of the molecule is COCCN(CCCCCc1ccc2c(n1)NCCC2)CC[C@H](Nc1ncnc2ccc(N3CCN(CCCCCCCCCCn4nnc5c4CC[C@H]4[C@@H](CC5)[C@H]4COC(=O)NCCCCCC(=O)N4C[C@H](O)C[C@H]4COC(C)C)CC3)cc12)C(=O)O. The van der Waals surface area contributed by atoms with Crippen molar-refractivity contribution in [2.75, 3.05) is 114 Å². The van der Waals surface area contributed by atoms with E-state index in [4.69, 9.17) is 19.2 Å². The van der Waals surface area contributed by atoms with Crippen LogP contribution in [0.5, 0.6) is 0 Å². The number of likely N-dealkylation sites (tertiary alicyclic amines) is 1. The van der Waals surface area contributed by atoms with Crippen LogP contribution in [0.4, 0.5) is 22.1 Å². The summed E-state index contributed by atoms with van der Waals surface area (Å²) in [5.41, 5.74) is 6.82. The van der Waals surface area contributed by atoms with Crippen LogP contribution in [0, 0.1) is 17.8 Å². The number of alkyl carbamates (subject to hydrolysis) is 1. The maximum atomic E-state index is 12.9. The Hall–Kier alpha value is -5.74. The van der Waals surface area contributed by atoms with Gasteiger partial charge in [-0.05, 0) is 171 Å². The number of benzene rings is 1. The molecule has 1 aromatic carbocycles. The van der Waals surface area contributed by atoms with E-state index in [0.717, 1.165) is 183 Å². The van der Waals surface area contributed by atoms with E-state index in [1.165, 1.54) is 62.5 Å². The fraction of sp³-hybridized carbons (Fsp3) is 0.731. The molecule has 3 fully saturated rings. The van der Waals surface area contributed by atoms with Gasteiger partial charge in [0.05, 0.1) is 55.0 Å². The number of nitrogens with zero attached hydrogens (tertiary/aromatic N) is 10. The number of carboxylic acid groups (broad SMARTS) is 1. The second kappa shape index (κ2) is 35.0. The number of aryl methyl sites for hydroxylation is 4. The predicted molar refractivity (Wildman–Crippen MR) is 344 cm³/mol. The Bertz CT molecular complexity index is 2780. The number of ether oxygens (including phenoxy) is 3. The number of carbonyl (C=O) groups is 3. The van der Waals surface area contributed by atoms with E-state index in [0.29, 0.717) is 82.3 Å². The van der Waals surface area contributed by atoms with Gasteiger partial charge in [0.2, 0.25) is 5.91 Å². The zero-order chi connectivity index (χ0) is 61.5. The van der Waals surface area contributed by atoms with Gasteiger partial charge in [0.25, 0.3) is 0 Å². The number of methoxy groups -OCH3 is 1. The first kappa shape index (κ1) is 66.7. The summed E-state index contributed by atoms with van der Waals surface area (Å²) in [4.78, 5) is 61.3. The number of rotatable bonds is 38. The van der Waals surface area contributed by atoms with Crippen molar-refractivity contribution in [2.45, 2.75) is 199 Å². The first-order valence-corrected chi connectivity index (χ1v) is 34.1. The summed E-state index contributed by atoms with van der Waals surface area (Å²) in [6, 6.07) is 9.82. The zero-order valence-corrected chi connectivity index (χ0v) is 53.4. The second-order valence-corrected chi connectivity index (χ2v) is 26.0. The monoisotopic (exact) mass is 1220 g/mol. The number of nitrogens with one attached hydrogen (secondary N) is 3. The van der Waals surface area contributed by atoms with E-state index in [1.807, 2.05) is 19.9 Å². The minimum atomic E-state index is -0.892. The molecule has 5 N–H and O–H groups in total. The molecule has 3 aliphatic heterocycles. The molecule has 6 heterocycles. The standard InChI is InChI=1S/C67H105N13O8/c1-49(2)87-46-53-43-54(81)45-79(53)63(82)21-13-10-14-31-69-67(85)88-47-58-55-25-28-60-62(29-26-56(55)58)80(75-74-60)35-17-9-7-5-4-6-8-15-34-77-37-39-78(40-38-77)52-24-27-59-57(44-52)65(71-48-70-59)73-61(66(83)84)30-36-76(41-42-86-3)33-16-11-12-20-51-23-22-50-19-18-32-68-64(50)72-51/h22-24,27,44,48-49,53-56,58,61,81H,4-21,25-26,28-43,45-47H2,1-3H3,(H,68,72)(H,69,85)(H,83,84)(H,70,71,73)/t53-,54+,55+,56-,58+,61-/m0/s1. The van der Waals surface area contributed by atoms with Crippen LogP contribution in [0.25, 0.3) is 10.9 Å². The predicted octanol–water partition coefficient (Wildman–Crippen LogP) is 8.95. The van der Waals surface area contributed by atoms with Crippen molar-refractivity contribution >= 4 is 46.2 Å². The second-order valence-electron chi connectivity index (χ2n) is 26.0. The Morgan fingerprint density at radius 3 is 2.40 bits per heavy atom. The summed E-state index contributed by atoms with van der Waals surface area (Å²) < 4.78 is 19.0. The average molecular weight is 1220 g/mol. The van der Waals surface area contributed by atoms with Gasteiger partial charge in [-0.25, -0.2) is 29.2 Å². The van der Waals surface area contributed by atoms with Gasteiger partial charge >= 0.3 is 12.1 Å². The van der Waals surface area contributed by atoms with Crippen molar-refractivity contribution < 1.29 is 38.8 Å². The molecule has 88 heavy (non-hydrogen) atoms. The summed E-state index contributed by atoms with van der Waals surface area (Å²) in [5.74, 6) is 2.36.